The molecule has 1 heterocycles. The van der Waals surface area contributed by atoms with E-state index in [1.807, 2.05) is 0 Å². The largest absolute Gasteiger partial charge is 0.476 e. The molecule has 0 fully saturated rings. The summed E-state index contributed by atoms with van der Waals surface area (Å²) in [6.07, 6.45) is 0. The van der Waals surface area contributed by atoms with E-state index in [2.05, 4.69) is 9.68 Å². The molecule has 11 heavy (non-hydrogen) atoms. The molecule has 0 spiro atoms. The van der Waals surface area contributed by atoms with Crippen LogP contribution in [0.5, 0.6) is 0 Å². The number of methoxy groups -OCH3 is 1. The van der Waals surface area contributed by atoms with E-state index in [0.29, 0.717) is 5.76 Å². The minimum atomic E-state index is -1.10. The highest BCUT2D eigenvalue weighted by Crippen LogP contribution is 2.03. The van der Waals surface area contributed by atoms with Crippen LogP contribution in [0, 0.1) is 0 Å². The number of carboxylic acid groups (broad SMARTS) is 1. The van der Waals surface area contributed by atoms with Gasteiger partial charge in [-0.3, -0.25) is 0 Å². The molecule has 1 aromatic heterocycles. The van der Waals surface area contributed by atoms with E-state index >= 15 is 0 Å². The molecular weight excluding hydrogens is 150 g/mol. The number of nitrogens with zero attached hydrogens (tertiary/aromatic N) is 1. The van der Waals surface area contributed by atoms with Gasteiger partial charge in [0.25, 0.3) is 0 Å². The van der Waals surface area contributed by atoms with Crippen molar-refractivity contribution >= 4 is 5.97 Å². The number of aromatic nitrogens is 1. The van der Waals surface area contributed by atoms with Crippen molar-refractivity contribution in [1.82, 2.24) is 5.16 Å². The van der Waals surface area contributed by atoms with Gasteiger partial charge in [-0.05, 0) is 0 Å². The van der Waals surface area contributed by atoms with Crippen molar-refractivity contribution in [2.45, 2.75) is 6.61 Å². The van der Waals surface area contributed by atoms with Crippen LogP contribution < -0.4 is 0 Å². The molecule has 5 heteroatoms. The molecule has 1 rings (SSSR count). The van der Waals surface area contributed by atoms with Crippen LogP contribution in [0.2, 0.25) is 0 Å². The summed E-state index contributed by atoms with van der Waals surface area (Å²) in [6, 6.07) is 1.33. The number of carboxylic acids is 1. The number of hydrogen-bond acceptors (Lipinski definition) is 4. The first-order valence-corrected chi connectivity index (χ1v) is 2.92. The molecule has 0 amide bonds. The first kappa shape index (κ1) is 7.74. The van der Waals surface area contributed by atoms with Gasteiger partial charge in [-0.25, -0.2) is 4.79 Å². The fourth-order valence-corrected chi connectivity index (χ4v) is 0.624. The first-order chi connectivity index (χ1) is 5.24. The van der Waals surface area contributed by atoms with E-state index in [9.17, 15) is 4.79 Å². The summed E-state index contributed by atoms with van der Waals surface area (Å²) in [6.45, 7) is 0.236. The molecule has 0 aliphatic rings. The first-order valence-electron chi connectivity index (χ1n) is 2.92. The smallest absolute Gasteiger partial charge is 0.358 e. The second kappa shape index (κ2) is 3.16. The van der Waals surface area contributed by atoms with Crippen LogP contribution in [0.15, 0.2) is 10.6 Å². The van der Waals surface area contributed by atoms with E-state index in [1.54, 1.807) is 0 Å². The van der Waals surface area contributed by atoms with Crippen molar-refractivity contribution in [1.29, 1.82) is 0 Å². The Kier molecular flexibility index (Phi) is 2.22. The van der Waals surface area contributed by atoms with Gasteiger partial charge in [0.1, 0.15) is 6.61 Å². The average Bonchev–Trinajstić information content (AvgIpc) is 2.37. The Morgan fingerprint density at radius 3 is 3.09 bits per heavy atom. The maximum absolute atomic E-state index is 10.3. The van der Waals surface area contributed by atoms with Gasteiger partial charge in [-0.1, -0.05) is 5.16 Å². The fraction of sp³-hybridized carbons (Fsp3) is 0.333. The lowest BCUT2D eigenvalue weighted by Crippen LogP contribution is -1.94. The fourth-order valence-electron chi connectivity index (χ4n) is 0.624. The Morgan fingerprint density at radius 1 is 1.91 bits per heavy atom. The van der Waals surface area contributed by atoms with E-state index in [1.165, 1.54) is 13.2 Å². The summed E-state index contributed by atoms with van der Waals surface area (Å²) in [5.74, 6) is -0.694. The van der Waals surface area contributed by atoms with Crippen LogP contribution in [-0.2, 0) is 11.3 Å². The Hall–Kier alpha value is -1.36. The molecule has 5 nitrogen and oxygen atoms in total. The van der Waals surface area contributed by atoms with Crippen LogP contribution in [0.4, 0.5) is 0 Å². The van der Waals surface area contributed by atoms with Gasteiger partial charge in [0, 0.05) is 13.2 Å². The summed E-state index contributed by atoms with van der Waals surface area (Å²) in [7, 11) is 1.49. The van der Waals surface area contributed by atoms with Gasteiger partial charge in [0.15, 0.2) is 11.5 Å². The molecule has 0 aromatic carbocycles. The third-order valence-electron chi connectivity index (χ3n) is 1.06. The lowest BCUT2D eigenvalue weighted by molar-refractivity contribution is 0.0685. The van der Waals surface area contributed by atoms with Crippen molar-refractivity contribution in [3.63, 3.8) is 0 Å². The zero-order valence-corrected chi connectivity index (χ0v) is 5.90. The van der Waals surface area contributed by atoms with Gasteiger partial charge in [-0.2, -0.15) is 0 Å². The van der Waals surface area contributed by atoms with Crippen molar-refractivity contribution in [2.24, 2.45) is 0 Å². The van der Waals surface area contributed by atoms with Crippen molar-refractivity contribution in [2.75, 3.05) is 7.11 Å². The number of hydrogen-bond donors (Lipinski definition) is 1. The zero-order valence-electron chi connectivity index (χ0n) is 5.90. The standard InChI is InChI=1S/C6H7NO4/c1-10-3-4-2-5(6(8)9)7-11-4/h2H,3H2,1H3,(H,8,9). The van der Waals surface area contributed by atoms with E-state index < -0.39 is 5.97 Å². The maximum Gasteiger partial charge on any atom is 0.358 e. The summed E-state index contributed by atoms with van der Waals surface area (Å²) in [4.78, 5) is 10.3. The van der Waals surface area contributed by atoms with E-state index in [4.69, 9.17) is 9.84 Å². The summed E-state index contributed by atoms with van der Waals surface area (Å²) >= 11 is 0. The van der Waals surface area contributed by atoms with Crippen LogP contribution >= 0.6 is 0 Å². The number of carbonyl (C=O) groups is 1. The SMILES string of the molecule is COCc1cc(C(=O)O)no1. The third-order valence-corrected chi connectivity index (χ3v) is 1.06. The van der Waals surface area contributed by atoms with Crippen LogP contribution in [-0.4, -0.2) is 23.3 Å². The van der Waals surface area contributed by atoms with Crippen LogP contribution in [0.3, 0.4) is 0 Å². The molecule has 0 atom stereocenters. The van der Waals surface area contributed by atoms with Crippen molar-refractivity contribution in [3.8, 4) is 0 Å². The molecule has 0 radical (unpaired) electrons. The molecule has 0 bridgehead atoms. The normalized spacial score (nSPS) is 9.91. The number of aromatic carboxylic acids is 1. The van der Waals surface area contributed by atoms with Gasteiger partial charge >= 0.3 is 5.97 Å². The van der Waals surface area contributed by atoms with Gasteiger partial charge in [-0.15, -0.1) is 0 Å². The van der Waals surface area contributed by atoms with E-state index in [0.717, 1.165) is 0 Å². The zero-order chi connectivity index (χ0) is 8.27. The Morgan fingerprint density at radius 2 is 2.64 bits per heavy atom. The molecule has 0 unspecified atom stereocenters. The molecule has 0 aliphatic carbocycles. The van der Waals surface area contributed by atoms with Gasteiger partial charge in [0.05, 0.1) is 0 Å². The van der Waals surface area contributed by atoms with Crippen LogP contribution in [0.25, 0.3) is 0 Å². The highest BCUT2D eigenvalue weighted by molar-refractivity contribution is 5.85. The molecule has 1 aromatic rings. The van der Waals surface area contributed by atoms with Gasteiger partial charge in [0.2, 0.25) is 0 Å². The highest BCUT2D eigenvalue weighted by Gasteiger charge is 2.09. The maximum atomic E-state index is 10.3. The molecular formula is C6H7NO4. The Bertz CT molecular complexity index is 255. The minimum Gasteiger partial charge on any atom is -0.476 e. The third kappa shape index (κ3) is 1.78. The molecule has 0 aliphatic heterocycles. The minimum absolute atomic E-state index is 0.1000. The molecule has 0 saturated heterocycles. The quantitative estimate of drug-likeness (QED) is 0.692. The Labute approximate surface area is 62.6 Å². The van der Waals surface area contributed by atoms with Gasteiger partial charge < -0.3 is 14.4 Å². The lowest BCUT2D eigenvalue weighted by Gasteiger charge is -1.87. The summed E-state index contributed by atoms with van der Waals surface area (Å²) < 4.78 is 9.30. The second-order valence-corrected chi connectivity index (χ2v) is 1.92. The van der Waals surface area contributed by atoms with E-state index in [-0.39, 0.29) is 12.3 Å². The topological polar surface area (TPSA) is 72.6 Å². The summed E-state index contributed by atoms with van der Waals surface area (Å²) in [5.41, 5.74) is -0.1000. The predicted molar refractivity (Wildman–Crippen MR) is 34.2 cm³/mol. The Balaban J connectivity index is 2.73. The molecule has 0 saturated carbocycles. The van der Waals surface area contributed by atoms with Crippen LogP contribution in [0.1, 0.15) is 16.2 Å². The number of ether oxygens (including phenoxy) is 1. The average molecular weight is 157 g/mol. The predicted octanol–water partition coefficient (Wildman–Crippen LogP) is 0.519. The van der Waals surface area contributed by atoms with Crippen molar-refractivity contribution in [3.05, 3.63) is 17.5 Å². The number of rotatable bonds is 3. The van der Waals surface area contributed by atoms with Crippen molar-refractivity contribution < 1.29 is 19.2 Å². The second-order valence-electron chi connectivity index (χ2n) is 1.92. The monoisotopic (exact) mass is 157 g/mol. The molecule has 1 N–H and O–H groups in total. The summed E-state index contributed by atoms with van der Waals surface area (Å²) in [5, 5.41) is 11.7. The molecule has 60 valence electrons. The highest BCUT2D eigenvalue weighted by atomic mass is 16.5. The lowest BCUT2D eigenvalue weighted by atomic mass is 10.4.